The molecule has 11 nitrogen and oxygen atoms in total. The molecule has 0 radical (unpaired) electrons. The van der Waals surface area contributed by atoms with Crippen molar-refractivity contribution in [3.8, 4) is 11.5 Å². The summed E-state index contributed by atoms with van der Waals surface area (Å²) in [6.45, 7) is 5.17. The average Bonchev–Trinajstić information content (AvgIpc) is 3.16. The van der Waals surface area contributed by atoms with Crippen LogP contribution in [0.2, 0.25) is 0 Å². The molecule has 4 rings (SSSR count). The van der Waals surface area contributed by atoms with E-state index in [4.69, 9.17) is 24.1 Å². The molecule has 0 bridgehead atoms. The summed E-state index contributed by atoms with van der Waals surface area (Å²) in [7, 11) is 3.74. The lowest BCUT2D eigenvalue weighted by molar-refractivity contribution is -0.192. The van der Waals surface area contributed by atoms with Crippen molar-refractivity contribution in [3.05, 3.63) is 35.4 Å². The van der Waals surface area contributed by atoms with Crippen LogP contribution in [0, 0.1) is 5.92 Å². The molecule has 1 spiro atoms. The van der Waals surface area contributed by atoms with Crippen LogP contribution in [0.25, 0.3) is 0 Å². The number of amides is 1. The van der Waals surface area contributed by atoms with E-state index in [1.165, 1.54) is 11.1 Å². The van der Waals surface area contributed by atoms with E-state index in [1.807, 2.05) is 12.1 Å². The number of carbonyl (C=O) groups excluding carboxylic acids is 2. The zero-order valence-electron chi connectivity index (χ0n) is 23.7. The van der Waals surface area contributed by atoms with Gasteiger partial charge in [-0.3, -0.25) is 9.59 Å². The fourth-order valence-corrected chi connectivity index (χ4v) is 5.36. The van der Waals surface area contributed by atoms with Gasteiger partial charge in [-0.05, 0) is 43.6 Å². The minimum Gasteiger partial charge on any atom is -0.493 e. The van der Waals surface area contributed by atoms with Crippen LogP contribution in [0.5, 0.6) is 11.5 Å². The quantitative estimate of drug-likeness (QED) is 0.300. The third-order valence-corrected chi connectivity index (χ3v) is 7.46. The van der Waals surface area contributed by atoms with E-state index in [9.17, 15) is 32.7 Å². The van der Waals surface area contributed by atoms with Gasteiger partial charge in [0.1, 0.15) is 18.2 Å². The van der Waals surface area contributed by atoms with Gasteiger partial charge in [-0.15, -0.1) is 0 Å². The topological polar surface area (TPSA) is 152 Å². The molecule has 2 heterocycles. The number of carboxylic acid groups (broad SMARTS) is 2. The van der Waals surface area contributed by atoms with Crippen LogP contribution in [0.1, 0.15) is 50.7 Å². The first kappa shape index (κ1) is 32.7. The van der Waals surface area contributed by atoms with Crippen LogP contribution in [0.3, 0.4) is 0 Å². The minimum absolute atomic E-state index is 0.125. The smallest absolute Gasteiger partial charge is 0.490 e. The number of aliphatic carboxylic acids is 2. The van der Waals surface area contributed by atoms with Gasteiger partial charge in [-0.25, -0.2) is 9.59 Å². The summed E-state index contributed by atoms with van der Waals surface area (Å²) < 4.78 is 49.4. The number of nitrogens with one attached hydrogen (secondary N) is 1. The average molecular weight is 601 g/mol. The molecular formula is C28H35F3N2O9. The Kier molecular flexibility index (Phi) is 10.1. The Bertz CT molecular complexity index is 1230. The number of nitrogens with zero attached hydrogens (tertiary/aromatic N) is 1. The molecule has 0 saturated carbocycles. The SMILES string of the molecule is COc1ccc2c3c1O[C@H]1C[C@@H](OC(=O)CCC(=O)N[C@H](C(=O)O)C(C)C)C=CC31CCN(C)C2.O=C(O)C(F)(F)F. The van der Waals surface area contributed by atoms with Crippen molar-refractivity contribution in [2.45, 2.75) is 75.9 Å². The number of benzene rings is 1. The van der Waals surface area contributed by atoms with Crippen molar-refractivity contribution in [1.82, 2.24) is 10.2 Å². The number of rotatable bonds is 8. The molecule has 1 aromatic rings. The number of hydrogen-bond acceptors (Lipinski definition) is 8. The fourth-order valence-electron chi connectivity index (χ4n) is 5.36. The zero-order chi connectivity index (χ0) is 31.4. The van der Waals surface area contributed by atoms with Crippen molar-refractivity contribution in [2.24, 2.45) is 5.92 Å². The maximum Gasteiger partial charge on any atom is 0.490 e. The molecule has 1 unspecified atom stereocenters. The van der Waals surface area contributed by atoms with E-state index in [2.05, 4.69) is 29.4 Å². The number of carbonyl (C=O) groups is 4. The monoisotopic (exact) mass is 600 g/mol. The van der Waals surface area contributed by atoms with Crippen molar-refractivity contribution in [2.75, 3.05) is 20.7 Å². The maximum absolute atomic E-state index is 12.5. The molecule has 3 N–H and O–H groups in total. The Morgan fingerprint density at radius 2 is 1.86 bits per heavy atom. The van der Waals surface area contributed by atoms with Crippen LogP contribution in [-0.4, -0.2) is 84.1 Å². The first-order chi connectivity index (χ1) is 19.6. The lowest BCUT2D eigenvalue weighted by Crippen LogP contribution is -2.44. The van der Waals surface area contributed by atoms with Crippen molar-refractivity contribution in [3.63, 3.8) is 0 Å². The molecule has 42 heavy (non-hydrogen) atoms. The van der Waals surface area contributed by atoms with E-state index in [0.29, 0.717) is 12.2 Å². The molecule has 1 aliphatic carbocycles. The molecule has 4 atom stereocenters. The summed E-state index contributed by atoms with van der Waals surface area (Å²) in [5, 5.41) is 18.8. The molecular weight excluding hydrogens is 565 g/mol. The molecule has 232 valence electrons. The normalized spacial score (nSPS) is 23.2. The first-order valence-electron chi connectivity index (χ1n) is 13.4. The second-order valence-corrected chi connectivity index (χ2v) is 10.8. The number of esters is 1. The van der Waals surface area contributed by atoms with E-state index >= 15 is 0 Å². The highest BCUT2D eigenvalue weighted by Crippen LogP contribution is 2.55. The highest BCUT2D eigenvalue weighted by Gasteiger charge is 2.53. The fraction of sp³-hybridized carbons (Fsp3) is 0.571. The van der Waals surface area contributed by atoms with Gasteiger partial charge in [-0.2, -0.15) is 13.2 Å². The first-order valence-corrected chi connectivity index (χ1v) is 13.4. The summed E-state index contributed by atoms with van der Waals surface area (Å²) in [6, 6.07) is 3.06. The molecule has 14 heteroatoms. The molecule has 3 aliphatic rings. The number of ether oxygens (including phenoxy) is 3. The van der Waals surface area contributed by atoms with Crippen LogP contribution in [0.15, 0.2) is 24.3 Å². The van der Waals surface area contributed by atoms with Gasteiger partial charge >= 0.3 is 24.1 Å². The van der Waals surface area contributed by atoms with Gasteiger partial charge in [-0.1, -0.05) is 26.0 Å². The Balaban J connectivity index is 0.000000616. The summed E-state index contributed by atoms with van der Waals surface area (Å²) in [5.74, 6) is -3.63. The van der Waals surface area contributed by atoms with Crippen LogP contribution in [0.4, 0.5) is 13.2 Å². The third-order valence-electron chi connectivity index (χ3n) is 7.46. The summed E-state index contributed by atoms with van der Waals surface area (Å²) in [5.41, 5.74) is 2.09. The summed E-state index contributed by atoms with van der Waals surface area (Å²) in [6.07, 6.45) is -0.543. The van der Waals surface area contributed by atoms with E-state index in [-0.39, 0.29) is 30.3 Å². The van der Waals surface area contributed by atoms with Crippen molar-refractivity contribution < 1.29 is 56.8 Å². The number of methoxy groups -OCH3 is 1. The maximum atomic E-state index is 12.5. The summed E-state index contributed by atoms with van der Waals surface area (Å²) in [4.78, 5) is 47.1. The Labute approximate surface area is 240 Å². The Morgan fingerprint density at radius 3 is 2.43 bits per heavy atom. The van der Waals surface area contributed by atoms with Gasteiger partial charge in [0, 0.05) is 24.9 Å². The Hall–Kier alpha value is -3.81. The van der Waals surface area contributed by atoms with E-state index in [0.717, 1.165) is 25.3 Å². The molecule has 0 aromatic heterocycles. The standard InChI is InChI=1S/C26H34N2O7.C2HF3O2/c1-15(2)23(25(31)32)27-20(29)7-8-21(30)34-17-9-10-26-11-12-28(3)14-16-5-6-18(33-4)24(22(16)26)35-19(26)13-17;3-2(4,5)1(6)7/h5-6,9-10,15,17,19,23H,7-8,11-14H2,1-4H3,(H,27,29)(H,31,32);(H,6,7)/t17-,19-,23-,26?;/m0./s1. The van der Waals surface area contributed by atoms with Gasteiger partial charge in [0.25, 0.3) is 0 Å². The number of carboxylic acids is 2. The van der Waals surface area contributed by atoms with Gasteiger partial charge in [0.15, 0.2) is 11.5 Å². The van der Waals surface area contributed by atoms with Crippen molar-refractivity contribution >= 4 is 23.8 Å². The van der Waals surface area contributed by atoms with Gasteiger partial charge in [0.05, 0.1) is 18.9 Å². The van der Waals surface area contributed by atoms with Crippen LogP contribution in [-0.2, 0) is 35.9 Å². The molecule has 0 fully saturated rings. The third kappa shape index (κ3) is 7.33. The van der Waals surface area contributed by atoms with E-state index in [1.54, 1.807) is 21.0 Å². The van der Waals surface area contributed by atoms with Gasteiger partial charge < -0.3 is 34.6 Å². The van der Waals surface area contributed by atoms with Crippen molar-refractivity contribution in [1.29, 1.82) is 0 Å². The molecule has 1 aromatic carbocycles. The lowest BCUT2D eigenvalue weighted by atomic mass is 9.69. The molecule has 2 aliphatic heterocycles. The van der Waals surface area contributed by atoms with Crippen LogP contribution >= 0.6 is 0 Å². The zero-order valence-corrected chi connectivity index (χ0v) is 23.7. The lowest BCUT2D eigenvalue weighted by Gasteiger charge is -2.36. The Morgan fingerprint density at radius 1 is 1.19 bits per heavy atom. The van der Waals surface area contributed by atoms with E-state index < -0.39 is 42.1 Å². The largest absolute Gasteiger partial charge is 0.493 e. The number of hydrogen-bond donors (Lipinski definition) is 3. The number of alkyl halides is 3. The predicted octanol–water partition coefficient (Wildman–Crippen LogP) is 3.04. The van der Waals surface area contributed by atoms with Crippen LogP contribution < -0.4 is 14.8 Å². The number of halogens is 3. The summed E-state index contributed by atoms with van der Waals surface area (Å²) >= 11 is 0. The minimum atomic E-state index is -5.08. The highest BCUT2D eigenvalue weighted by molar-refractivity contribution is 5.86. The van der Waals surface area contributed by atoms with Gasteiger partial charge in [0.2, 0.25) is 5.91 Å². The highest BCUT2D eigenvalue weighted by atomic mass is 19.4. The second-order valence-electron chi connectivity index (χ2n) is 10.8. The molecule has 1 amide bonds. The molecule has 0 saturated heterocycles. The predicted molar refractivity (Wildman–Crippen MR) is 141 cm³/mol. The second kappa shape index (κ2) is 13.0.